The molecule has 1 unspecified atom stereocenters. The van der Waals surface area contributed by atoms with Gasteiger partial charge in [-0.3, -0.25) is 5.32 Å². The van der Waals surface area contributed by atoms with Crippen molar-refractivity contribution in [2.45, 2.75) is 12.6 Å². The molecule has 1 atom stereocenters. The molecule has 2 rings (SSSR count). The van der Waals surface area contributed by atoms with E-state index in [0.29, 0.717) is 6.54 Å². The zero-order valence-corrected chi connectivity index (χ0v) is 10.1. The molecule has 96 valence electrons. The standard InChI is InChI=1S/C15H12F2N2/c16-13-8-4-7-12(15(13)17)14(9-18)19-10-11-5-2-1-3-6-11/h1-8,14,19H,10H2. The highest BCUT2D eigenvalue weighted by Crippen LogP contribution is 2.19. The maximum Gasteiger partial charge on any atom is 0.164 e. The minimum atomic E-state index is -0.977. The minimum absolute atomic E-state index is 0.0263. The Kier molecular flexibility index (Phi) is 4.22. The van der Waals surface area contributed by atoms with Crippen LogP contribution in [0, 0.1) is 23.0 Å². The average molecular weight is 258 g/mol. The average Bonchev–Trinajstić information content (AvgIpc) is 2.45. The summed E-state index contributed by atoms with van der Waals surface area (Å²) in [5.74, 6) is -1.92. The fraction of sp³-hybridized carbons (Fsp3) is 0.133. The summed E-state index contributed by atoms with van der Waals surface area (Å²) in [6.07, 6.45) is 0. The molecule has 0 aliphatic carbocycles. The number of hydrogen-bond acceptors (Lipinski definition) is 2. The Labute approximate surface area is 110 Å². The van der Waals surface area contributed by atoms with E-state index in [1.807, 2.05) is 36.4 Å². The van der Waals surface area contributed by atoms with Crippen LogP contribution < -0.4 is 5.32 Å². The molecule has 0 fully saturated rings. The van der Waals surface area contributed by atoms with E-state index in [9.17, 15) is 8.78 Å². The summed E-state index contributed by atoms with van der Waals surface area (Å²) in [6.45, 7) is 0.412. The third kappa shape index (κ3) is 3.15. The van der Waals surface area contributed by atoms with E-state index >= 15 is 0 Å². The molecule has 2 aromatic rings. The normalized spacial score (nSPS) is 11.8. The molecule has 0 saturated carbocycles. The number of nitriles is 1. The third-order valence-electron chi connectivity index (χ3n) is 2.77. The zero-order chi connectivity index (χ0) is 13.7. The number of hydrogen-bond donors (Lipinski definition) is 1. The van der Waals surface area contributed by atoms with Crippen molar-refractivity contribution in [3.8, 4) is 6.07 Å². The fourth-order valence-corrected chi connectivity index (χ4v) is 1.78. The maximum atomic E-state index is 13.6. The van der Waals surface area contributed by atoms with Crippen LogP contribution >= 0.6 is 0 Å². The highest BCUT2D eigenvalue weighted by molar-refractivity contribution is 5.27. The van der Waals surface area contributed by atoms with Gasteiger partial charge in [0, 0.05) is 12.1 Å². The molecule has 0 bridgehead atoms. The lowest BCUT2D eigenvalue weighted by Crippen LogP contribution is -2.20. The van der Waals surface area contributed by atoms with Gasteiger partial charge in [-0.1, -0.05) is 42.5 Å². The number of nitrogens with one attached hydrogen (secondary N) is 1. The van der Waals surface area contributed by atoms with Crippen molar-refractivity contribution in [3.05, 3.63) is 71.3 Å². The molecule has 4 heteroatoms. The van der Waals surface area contributed by atoms with Gasteiger partial charge in [0.2, 0.25) is 0 Å². The third-order valence-corrected chi connectivity index (χ3v) is 2.77. The molecule has 0 aromatic heterocycles. The summed E-state index contributed by atoms with van der Waals surface area (Å²) in [7, 11) is 0. The lowest BCUT2D eigenvalue weighted by molar-refractivity contribution is 0.484. The summed E-state index contributed by atoms with van der Waals surface area (Å²) in [5, 5.41) is 12.0. The largest absolute Gasteiger partial charge is 0.294 e. The molecular weight excluding hydrogens is 246 g/mol. The molecule has 0 aliphatic rings. The summed E-state index contributed by atoms with van der Waals surface area (Å²) >= 11 is 0. The smallest absolute Gasteiger partial charge is 0.164 e. The van der Waals surface area contributed by atoms with Gasteiger partial charge < -0.3 is 0 Å². The van der Waals surface area contributed by atoms with Gasteiger partial charge >= 0.3 is 0 Å². The number of nitrogens with zero attached hydrogens (tertiary/aromatic N) is 1. The Hall–Kier alpha value is -2.25. The van der Waals surface area contributed by atoms with Crippen LogP contribution in [0.5, 0.6) is 0 Å². The molecule has 19 heavy (non-hydrogen) atoms. The summed E-state index contributed by atoms with van der Waals surface area (Å²) in [5.41, 5.74) is 0.998. The Balaban J connectivity index is 2.13. The van der Waals surface area contributed by atoms with E-state index in [4.69, 9.17) is 5.26 Å². The molecule has 0 aliphatic heterocycles. The second-order valence-corrected chi connectivity index (χ2v) is 4.07. The molecule has 1 N–H and O–H groups in total. The van der Waals surface area contributed by atoms with Gasteiger partial charge in [-0.15, -0.1) is 0 Å². The predicted molar refractivity (Wildman–Crippen MR) is 68.0 cm³/mol. The number of benzene rings is 2. The van der Waals surface area contributed by atoms with Crippen molar-refractivity contribution >= 4 is 0 Å². The monoisotopic (exact) mass is 258 g/mol. The second-order valence-electron chi connectivity index (χ2n) is 4.07. The predicted octanol–water partition coefficient (Wildman–Crippen LogP) is 3.32. The number of halogens is 2. The van der Waals surface area contributed by atoms with Gasteiger partial charge in [-0.25, -0.2) is 8.78 Å². The van der Waals surface area contributed by atoms with Crippen LogP contribution in [-0.2, 0) is 6.54 Å². The lowest BCUT2D eigenvalue weighted by atomic mass is 10.1. The van der Waals surface area contributed by atoms with Gasteiger partial charge in [0.1, 0.15) is 6.04 Å². The first-order chi connectivity index (χ1) is 9.22. The fourth-order valence-electron chi connectivity index (χ4n) is 1.78. The molecular formula is C15H12F2N2. The van der Waals surface area contributed by atoms with Gasteiger partial charge in [0.25, 0.3) is 0 Å². The van der Waals surface area contributed by atoms with E-state index in [1.54, 1.807) is 0 Å². The molecule has 0 spiro atoms. The topological polar surface area (TPSA) is 35.8 Å². The zero-order valence-electron chi connectivity index (χ0n) is 10.1. The summed E-state index contributed by atoms with van der Waals surface area (Å²) < 4.78 is 26.7. The van der Waals surface area contributed by atoms with E-state index in [1.165, 1.54) is 12.1 Å². The Morgan fingerprint density at radius 1 is 1.05 bits per heavy atom. The van der Waals surface area contributed by atoms with Crippen LogP contribution in [0.3, 0.4) is 0 Å². The van der Waals surface area contributed by atoms with Crippen LogP contribution in [0.25, 0.3) is 0 Å². The second kappa shape index (κ2) is 6.07. The Bertz CT molecular complexity index is 591. The highest BCUT2D eigenvalue weighted by Gasteiger charge is 2.17. The van der Waals surface area contributed by atoms with Gasteiger partial charge in [-0.05, 0) is 11.6 Å². The molecule has 2 aromatic carbocycles. The van der Waals surface area contributed by atoms with Gasteiger partial charge in [0.15, 0.2) is 11.6 Å². The van der Waals surface area contributed by atoms with Crippen LogP contribution in [0.2, 0.25) is 0 Å². The first-order valence-corrected chi connectivity index (χ1v) is 5.83. The van der Waals surface area contributed by atoms with Crippen LogP contribution in [0.15, 0.2) is 48.5 Å². The van der Waals surface area contributed by atoms with Crippen molar-refractivity contribution < 1.29 is 8.78 Å². The van der Waals surface area contributed by atoms with E-state index in [-0.39, 0.29) is 5.56 Å². The summed E-state index contributed by atoms with van der Waals surface area (Å²) in [4.78, 5) is 0. The molecule has 0 heterocycles. The van der Waals surface area contributed by atoms with Crippen LogP contribution in [0.1, 0.15) is 17.2 Å². The summed E-state index contributed by atoms with van der Waals surface area (Å²) in [6, 6.07) is 14.3. The molecule has 0 radical (unpaired) electrons. The van der Waals surface area contributed by atoms with Crippen molar-refractivity contribution in [2.24, 2.45) is 0 Å². The minimum Gasteiger partial charge on any atom is -0.294 e. The van der Waals surface area contributed by atoms with Crippen molar-refractivity contribution in [1.82, 2.24) is 5.32 Å². The van der Waals surface area contributed by atoms with Crippen molar-refractivity contribution in [3.63, 3.8) is 0 Å². The van der Waals surface area contributed by atoms with E-state index < -0.39 is 17.7 Å². The first kappa shape index (κ1) is 13.2. The van der Waals surface area contributed by atoms with Crippen molar-refractivity contribution in [1.29, 1.82) is 5.26 Å². The molecule has 2 nitrogen and oxygen atoms in total. The Morgan fingerprint density at radius 2 is 1.79 bits per heavy atom. The van der Waals surface area contributed by atoms with Crippen LogP contribution in [0.4, 0.5) is 8.78 Å². The van der Waals surface area contributed by atoms with E-state index in [0.717, 1.165) is 11.6 Å². The maximum absolute atomic E-state index is 13.6. The lowest BCUT2D eigenvalue weighted by Gasteiger charge is -2.13. The van der Waals surface area contributed by atoms with Gasteiger partial charge in [0.05, 0.1) is 6.07 Å². The SMILES string of the molecule is N#CC(NCc1ccccc1)c1cccc(F)c1F. The number of rotatable bonds is 4. The van der Waals surface area contributed by atoms with E-state index in [2.05, 4.69) is 5.32 Å². The van der Waals surface area contributed by atoms with Crippen LogP contribution in [-0.4, -0.2) is 0 Å². The first-order valence-electron chi connectivity index (χ1n) is 5.83. The molecule has 0 amide bonds. The van der Waals surface area contributed by atoms with Crippen molar-refractivity contribution in [2.75, 3.05) is 0 Å². The molecule has 0 saturated heterocycles. The Morgan fingerprint density at radius 3 is 2.47 bits per heavy atom. The van der Waals surface area contributed by atoms with Gasteiger partial charge in [-0.2, -0.15) is 5.26 Å². The quantitative estimate of drug-likeness (QED) is 0.913. The highest BCUT2D eigenvalue weighted by atomic mass is 19.2.